The van der Waals surface area contributed by atoms with E-state index in [1.165, 1.54) is 141 Å². The molecule has 64 heavy (non-hydrogen) atoms. The van der Waals surface area contributed by atoms with Crippen molar-refractivity contribution in [2.45, 2.75) is 258 Å². The van der Waals surface area contributed by atoms with Crippen LogP contribution in [-0.2, 0) is 28.5 Å². The van der Waals surface area contributed by atoms with Crippen molar-refractivity contribution in [3.05, 3.63) is 24.3 Å². The van der Waals surface area contributed by atoms with Gasteiger partial charge in [0, 0.05) is 25.9 Å². The van der Waals surface area contributed by atoms with Crippen molar-refractivity contribution in [3.63, 3.8) is 0 Å². The number of carbonyl (C=O) groups is 3. The SMILES string of the molecule is CCCCCCCC/C=C/CCCCCCCC(=O)OCCCCCC(CCCCCOC(=O)CCCCCCC/C=C/CCCCCCCC)OC(=O)NCCOCCN(C)CC. The molecule has 1 N–H and O–H groups in total. The minimum Gasteiger partial charge on any atom is -0.466 e. The quantitative estimate of drug-likeness (QED) is 0.0279. The van der Waals surface area contributed by atoms with E-state index < -0.39 is 6.09 Å². The van der Waals surface area contributed by atoms with Gasteiger partial charge in [0.1, 0.15) is 6.10 Å². The van der Waals surface area contributed by atoms with Gasteiger partial charge in [-0.3, -0.25) is 9.59 Å². The molecule has 0 atom stereocenters. The van der Waals surface area contributed by atoms with Crippen LogP contribution in [0.5, 0.6) is 0 Å². The van der Waals surface area contributed by atoms with Gasteiger partial charge in [0.2, 0.25) is 0 Å². The Morgan fingerprint density at radius 3 is 1.28 bits per heavy atom. The van der Waals surface area contributed by atoms with E-state index in [2.05, 4.69) is 62.3 Å². The maximum Gasteiger partial charge on any atom is 0.407 e. The molecule has 1 amide bonds. The lowest BCUT2D eigenvalue weighted by molar-refractivity contribution is -0.144. The molecular formula is C55H104N2O7. The fourth-order valence-electron chi connectivity index (χ4n) is 7.66. The second-order valence-electron chi connectivity index (χ2n) is 18.3. The summed E-state index contributed by atoms with van der Waals surface area (Å²) in [6.45, 7) is 10.9. The molecule has 0 aromatic rings. The molecule has 376 valence electrons. The molecule has 0 saturated heterocycles. The summed E-state index contributed by atoms with van der Waals surface area (Å²) in [6.07, 6.45) is 48.9. The Morgan fingerprint density at radius 2 is 0.859 bits per heavy atom. The molecule has 0 bridgehead atoms. The van der Waals surface area contributed by atoms with Crippen molar-refractivity contribution >= 4 is 18.0 Å². The summed E-state index contributed by atoms with van der Waals surface area (Å²) in [5.41, 5.74) is 0. The molecule has 0 fully saturated rings. The highest BCUT2D eigenvalue weighted by atomic mass is 16.6. The molecule has 0 aromatic carbocycles. The van der Waals surface area contributed by atoms with Crippen molar-refractivity contribution in [3.8, 4) is 0 Å². The number of unbranched alkanes of at least 4 members (excludes halogenated alkanes) is 26. The van der Waals surface area contributed by atoms with Crippen LogP contribution >= 0.6 is 0 Å². The average Bonchev–Trinajstić information content (AvgIpc) is 3.29. The zero-order valence-corrected chi connectivity index (χ0v) is 42.6. The standard InChI is InChI=1S/C55H104N2O7/c1-5-8-10-12-14-16-18-20-22-24-26-28-30-32-38-44-53(58)62-48-40-34-36-42-52(64-55(60)56-46-50-61-51-47-57(4)7-3)43-37-35-41-49-63-54(59)45-39-33-31-29-27-25-23-21-19-17-15-13-11-9-6-2/h20-23,52H,5-19,24-51H2,1-4H3,(H,56,60)/b22-20+,23-21+. The second kappa shape index (κ2) is 51.6. The van der Waals surface area contributed by atoms with E-state index in [0.29, 0.717) is 45.8 Å². The van der Waals surface area contributed by atoms with Crippen LogP contribution in [0.15, 0.2) is 24.3 Å². The fraction of sp³-hybridized carbons (Fsp3) is 0.873. The molecule has 0 aliphatic heterocycles. The van der Waals surface area contributed by atoms with E-state index in [1.54, 1.807) is 0 Å². The Morgan fingerprint density at radius 1 is 0.469 bits per heavy atom. The van der Waals surface area contributed by atoms with Gasteiger partial charge in [-0.1, -0.05) is 148 Å². The van der Waals surface area contributed by atoms with Gasteiger partial charge in [-0.25, -0.2) is 4.79 Å². The molecule has 9 nitrogen and oxygen atoms in total. The monoisotopic (exact) mass is 905 g/mol. The van der Waals surface area contributed by atoms with Crippen LogP contribution in [0, 0.1) is 0 Å². The van der Waals surface area contributed by atoms with Crippen molar-refractivity contribution in [2.24, 2.45) is 0 Å². The number of hydrogen-bond donors (Lipinski definition) is 1. The van der Waals surface area contributed by atoms with Crippen LogP contribution in [0.3, 0.4) is 0 Å². The molecule has 0 unspecified atom stereocenters. The number of amides is 1. The maximum absolute atomic E-state index is 12.6. The van der Waals surface area contributed by atoms with Crippen molar-refractivity contribution in [1.29, 1.82) is 0 Å². The second-order valence-corrected chi connectivity index (χ2v) is 18.3. The summed E-state index contributed by atoms with van der Waals surface area (Å²) in [6, 6.07) is 0. The minimum absolute atomic E-state index is 0.0920. The summed E-state index contributed by atoms with van der Waals surface area (Å²) in [5.74, 6) is -0.184. The lowest BCUT2D eigenvalue weighted by Crippen LogP contribution is -2.32. The predicted molar refractivity (Wildman–Crippen MR) is 270 cm³/mol. The van der Waals surface area contributed by atoms with Gasteiger partial charge in [0.25, 0.3) is 0 Å². The van der Waals surface area contributed by atoms with E-state index >= 15 is 0 Å². The Bertz CT molecular complexity index is 1000. The summed E-state index contributed by atoms with van der Waals surface area (Å²) in [7, 11) is 2.06. The van der Waals surface area contributed by atoms with Gasteiger partial charge < -0.3 is 29.2 Å². The van der Waals surface area contributed by atoms with Crippen LogP contribution in [0.2, 0.25) is 0 Å². The largest absolute Gasteiger partial charge is 0.466 e. The summed E-state index contributed by atoms with van der Waals surface area (Å²) < 4.78 is 22.5. The van der Waals surface area contributed by atoms with Crippen molar-refractivity contribution in [1.82, 2.24) is 10.2 Å². The lowest BCUT2D eigenvalue weighted by Gasteiger charge is -2.19. The number of nitrogens with one attached hydrogen (secondary N) is 1. The molecule has 0 aromatic heterocycles. The third kappa shape index (κ3) is 49.1. The predicted octanol–water partition coefficient (Wildman–Crippen LogP) is 15.3. The van der Waals surface area contributed by atoms with Gasteiger partial charge in [0.15, 0.2) is 0 Å². The first-order chi connectivity index (χ1) is 31.4. The third-order valence-electron chi connectivity index (χ3n) is 12.1. The zero-order valence-electron chi connectivity index (χ0n) is 42.6. The minimum atomic E-state index is -0.409. The van der Waals surface area contributed by atoms with Gasteiger partial charge in [-0.15, -0.1) is 0 Å². The fourth-order valence-corrected chi connectivity index (χ4v) is 7.66. The number of esters is 2. The lowest BCUT2D eigenvalue weighted by atomic mass is 10.0. The van der Waals surface area contributed by atoms with Gasteiger partial charge in [-0.05, 0) is 129 Å². The van der Waals surface area contributed by atoms with Crippen LogP contribution < -0.4 is 5.32 Å². The van der Waals surface area contributed by atoms with Gasteiger partial charge in [-0.2, -0.15) is 0 Å². The first kappa shape index (κ1) is 61.6. The number of likely N-dealkylation sites (N-methyl/N-ethyl adjacent to an activating group) is 1. The van der Waals surface area contributed by atoms with E-state index in [1.807, 2.05) is 0 Å². The highest BCUT2D eigenvalue weighted by Gasteiger charge is 2.15. The molecular weight excluding hydrogens is 801 g/mol. The number of hydrogen-bond acceptors (Lipinski definition) is 8. The smallest absolute Gasteiger partial charge is 0.407 e. The molecule has 9 heteroatoms. The molecule has 0 spiro atoms. The van der Waals surface area contributed by atoms with E-state index in [-0.39, 0.29) is 18.0 Å². The zero-order chi connectivity index (χ0) is 46.7. The van der Waals surface area contributed by atoms with Crippen molar-refractivity contribution < 1.29 is 33.3 Å². The number of alkyl carbamates (subject to hydrolysis) is 1. The average molecular weight is 905 g/mol. The molecule has 0 saturated carbocycles. The summed E-state index contributed by atoms with van der Waals surface area (Å²) in [5, 5.41) is 2.84. The molecule has 0 heterocycles. The van der Waals surface area contributed by atoms with Crippen molar-refractivity contribution in [2.75, 3.05) is 53.1 Å². The van der Waals surface area contributed by atoms with Crippen LogP contribution in [0.1, 0.15) is 252 Å². The first-order valence-electron chi connectivity index (χ1n) is 27.2. The number of allylic oxidation sites excluding steroid dienone is 4. The number of rotatable bonds is 50. The van der Waals surface area contributed by atoms with E-state index in [0.717, 1.165) is 90.1 Å². The third-order valence-corrected chi connectivity index (χ3v) is 12.1. The normalized spacial score (nSPS) is 11.7. The molecule has 0 rings (SSSR count). The topological polar surface area (TPSA) is 103 Å². The molecule has 0 radical (unpaired) electrons. The van der Waals surface area contributed by atoms with Crippen LogP contribution in [-0.4, -0.2) is 82.1 Å². The van der Waals surface area contributed by atoms with E-state index in [9.17, 15) is 14.4 Å². The molecule has 0 aliphatic carbocycles. The Labute approximate surface area is 395 Å². The van der Waals surface area contributed by atoms with Gasteiger partial charge in [0.05, 0.1) is 26.4 Å². The van der Waals surface area contributed by atoms with Crippen LogP contribution in [0.25, 0.3) is 0 Å². The maximum atomic E-state index is 12.6. The highest BCUT2D eigenvalue weighted by Crippen LogP contribution is 2.17. The summed E-state index contributed by atoms with van der Waals surface area (Å²) in [4.78, 5) is 39.4. The number of ether oxygens (including phenoxy) is 4. The van der Waals surface area contributed by atoms with E-state index in [4.69, 9.17) is 18.9 Å². The first-order valence-corrected chi connectivity index (χ1v) is 27.2. The Balaban J connectivity index is 4.15. The Kier molecular flexibility index (Phi) is 49.7. The molecule has 0 aliphatic rings. The number of carbonyl (C=O) groups excluding carboxylic acids is 3. The highest BCUT2D eigenvalue weighted by molar-refractivity contribution is 5.69. The Hall–Kier alpha value is -2.39. The van der Waals surface area contributed by atoms with Gasteiger partial charge >= 0.3 is 18.0 Å². The number of nitrogens with zero attached hydrogens (tertiary/aromatic N) is 1. The van der Waals surface area contributed by atoms with Crippen LogP contribution in [0.4, 0.5) is 4.79 Å². The summed E-state index contributed by atoms with van der Waals surface area (Å²) >= 11 is 0.